The van der Waals surface area contributed by atoms with Gasteiger partial charge in [0.1, 0.15) is 4.88 Å². The van der Waals surface area contributed by atoms with E-state index in [1.807, 2.05) is 6.92 Å². The Kier molecular flexibility index (Phi) is 4.46. The molecule has 0 amide bonds. The first-order valence-electron chi connectivity index (χ1n) is 6.68. The monoisotopic (exact) mass is 374 g/mol. The topological polar surface area (TPSA) is 63.8 Å². The highest BCUT2D eigenvalue weighted by Crippen LogP contribution is 2.34. The van der Waals surface area contributed by atoms with Crippen molar-refractivity contribution in [1.29, 1.82) is 0 Å². The van der Waals surface area contributed by atoms with E-state index in [1.54, 1.807) is 5.51 Å². The zero-order valence-electron chi connectivity index (χ0n) is 12.2. The van der Waals surface area contributed by atoms with Gasteiger partial charge < -0.3 is 9.84 Å². The minimum Gasteiger partial charge on any atom is -0.376 e. The molecule has 3 rings (SSSR count). The van der Waals surface area contributed by atoms with Gasteiger partial charge in [0.15, 0.2) is 5.82 Å². The van der Waals surface area contributed by atoms with Gasteiger partial charge in [-0.05, 0) is 25.1 Å². The van der Waals surface area contributed by atoms with E-state index in [0.717, 1.165) is 22.7 Å². The second kappa shape index (κ2) is 6.40. The Morgan fingerprint density at radius 3 is 2.75 bits per heavy atom. The highest BCUT2D eigenvalue weighted by molar-refractivity contribution is 7.13. The summed E-state index contributed by atoms with van der Waals surface area (Å²) in [7, 11) is 0. The standard InChI is InChI=1S/C14H10ClF3N4OS/c1-7-12(24-6-20-7)13-21-11(22-23-13)5-19-10-3-2-8(4-9(10)15)14(16,17)18/h2-4,6,19H,5H2,1H3. The summed E-state index contributed by atoms with van der Waals surface area (Å²) in [5, 5.41) is 6.67. The van der Waals surface area contributed by atoms with Gasteiger partial charge in [-0.25, -0.2) is 4.98 Å². The van der Waals surface area contributed by atoms with Crippen molar-refractivity contribution in [3.8, 4) is 10.8 Å². The van der Waals surface area contributed by atoms with Gasteiger partial charge in [0.2, 0.25) is 0 Å². The van der Waals surface area contributed by atoms with Crippen LogP contribution < -0.4 is 5.32 Å². The van der Waals surface area contributed by atoms with Crippen LogP contribution in [-0.2, 0) is 12.7 Å². The number of rotatable bonds is 4. The first kappa shape index (κ1) is 16.7. The second-order valence-corrected chi connectivity index (χ2v) is 6.09. The molecular weight excluding hydrogens is 365 g/mol. The molecule has 0 saturated heterocycles. The second-order valence-electron chi connectivity index (χ2n) is 4.83. The van der Waals surface area contributed by atoms with Gasteiger partial charge in [0, 0.05) is 0 Å². The van der Waals surface area contributed by atoms with Gasteiger partial charge in [-0.1, -0.05) is 16.8 Å². The Labute approximate surface area is 143 Å². The van der Waals surface area contributed by atoms with Crippen molar-refractivity contribution < 1.29 is 17.7 Å². The average Bonchev–Trinajstić information content (AvgIpc) is 3.13. The molecule has 0 aliphatic rings. The predicted octanol–water partition coefficient (Wildman–Crippen LogP) is 4.79. The molecule has 0 saturated carbocycles. The van der Waals surface area contributed by atoms with Crippen molar-refractivity contribution in [2.24, 2.45) is 0 Å². The van der Waals surface area contributed by atoms with Crippen LogP contribution in [0.3, 0.4) is 0 Å². The van der Waals surface area contributed by atoms with Gasteiger partial charge in [-0.2, -0.15) is 18.2 Å². The smallest absolute Gasteiger partial charge is 0.376 e. The number of aryl methyl sites for hydroxylation is 1. The Morgan fingerprint density at radius 2 is 2.12 bits per heavy atom. The number of thiazole rings is 1. The number of alkyl halides is 3. The summed E-state index contributed by atoms with van der Waals surface area (Å²) < 4.78 is 43.0. The molecule has 24 heavy (non-hydrogen) atoms. The minimum absolute atomic E-state index is 0.0353. The lowest BCUT2D eigenvalue weighted by Gasteiger charge is -2.10. The normalized spacial score (nSPS) is 11.7. The van der Waals surface area contributed by atoms with Gasteiger partial charge >= 0.3 is 6.18 Å². The van der Waals surface area contributed by atoms with E-state index < -0.39 is 11.7 Å². The molecule has 2 aromatic heterocycles. The van der Waals surface area contributed by atoms with Crippen molar-refractivity contribution in [2.45, 2.75) is 19.6 Å². The van der Waals surface area contributed by atoms with Crippen LogP contribution >= 0.6 is 22.9 Å². The van der Waals surface area contributed by atoms with E-state index in [0.29, 0.717) is 17.4 Å². The SMILES string of the molecule is Cc1ncsc1-c1nc(CNc2ccc(C(F)(F)F)cc2Cl)no1. The number of hydrogen-bond donors (Lipinski definition) is 1. The molecule has 0 radical (unpaired) electrons. The molecular formula is C14H10ClF3N4OS. The summed E-state index contributed by atoms with van der Waals surface area (Å²) in [6.07, 6.45) is -4.43. The molecule has 0 fully saturated rings. The summed E-state index contributed by atoms with van der Waals surface area (Å²) >= 11 is 7.26. The predicted molar refractivity (Wildman–Crippen MR) is 83.9 cm³/mol. The number of nitrogens with zero attached hydrogens (tertiary/aromatic N) is 3. The van der Waals surface area contributed by atoms with E-state index in [1.165, 1.54) is 17.4 Å². The Morgan fingerprint density at radius 1 is 1.33 bits per heavy atom. The van der Waals surface area contributed by atoms with Crippen molar-refractivity contribution in [3.05, 3.63) is 45.8 Å². The van der Waals surface area contributed by atoms with Crippen LogP contribution in [0.25, 0.3) is 10.8 Å². The largest absolute Gasteiger partial charge is 0.416 e. The minimum atomic E-state index is -4.43. The Hall–Kier alpha value is -2.13. The molecule has 10 heteroatoms. The number of hydrogen-bond acceptors (Lipinski definition) is 6. The number of nitrogens with one attached hydrogen (secondary N) is 1. The van der Waals surface area contributed by atoms with Crippen LogP contribution in [0, 0.1) is 6.92 Å². The zero-order chi connectivity index (χ0) is 17.3. The molecule has 0 aliphatic carbocycles. The van der Waals surface area contributed by atoms with E-state index in [-0.39, 0.29) is 11.6 Å². The van der Waals surface area contributed by atoms with Crippen LogP contribution in [0.5, 0.6) is 0 Å². The zero-order valence-corrected chi connectivity index (χ0v) is 13.8. The highest BCUT2D eigenvalue weighted by Gasteiger charge is 2.30. The molecule has 1 N–H and O–H groups in total. The van der Waals surface area contributed by atoms with Crippen LogP contribution in [-0.4, -0.2) is 15.1 Å². The fourth-order valence-corrected chi connectivity index (χ4v) is 2.90. The summed E-state index contributed by atoms with van der Waals surface area (Å²) in [6.45, 7) is 1.99. The van der Waals surface area contributed by atoms with Gasteiger partial charge in [-0.15, -0.1) is 11.3 Å². The van der Waals surface area contributed by atoms with Crippen molar-refractivity contribution in [1.82, 2.24) is 15.1 Å². The third kappa shape index (κ3) is 3.51. The molecule has 3 aromatic rings. The first-order valence-corrected chi connectivity index (χ1v) is 7.94. The van der Waals surface area contributed by atoms with Crippen LogP contribution in [0.15, 0.2) is 28.2 Å². The maximum absolute atomic E-state index is 12.6. The molecule has 126 valence electrons. The number of benzene rings is 1. The maximum atomic E-state index is 12.6. The fraction of sp³-hybridized carbons (Fsp3) is 0.214. The number of anilines is 1. The van der Waals surface area contributed by atoms with Crippen LogP contribution in [0.4, 0.5) is 18.9 Å². The summed E-state index contributed by atoms with van der Waals surface area (Å²) in [4.78, 5) is 9.10. The van der Waals surface area contributed by atoms with E-state index in [2.05, 4.69) is 20.4 Å². The highest BCUT2D eigenvalue weighted by atomic mass is 35.5. The molecule has 1 aromatic carbocycles. The van der Waals surface area contributed by atoms with Gasteiger partial charge in [-0.3, -0.25) is 0 Å². The molecule has 2 heterocycles. The third-order valence-corrected chi connectivity index (χ3v) is 4.37. The quantitative estimate of drug-likeness (QED) is 0.711. The van der Waals surface area contributed by atoms with E-state index >= 15 is 0 Å². The lowest BCUT2D eigenvalue weighted by atomic mass is 10.2. The van der Waals surface area contributed by atoms with E-state index in [4.69, 9.17) is 16.1 Å². The Balaban J connectivity index is 1.71. The summed E-state index contributed by atoms with van der Waals surface area (Å²) in [6, 6.07) is 3.09. The van der Waals surface area contributed by atoms with Gasteiger partial charge in [0.05, 0.1) is 34.0 Å². The summed E-state index contributed by atoms with van der Waals surface area (Å²) in [5.41, 5.74) is 2.01. The van der Waals surface area contributed by atoms with Gasteiger partial charge in [0.25, 0.3) is 5.89 Å². The Bertz CT molecular complexity index is 862. The maximum Gasteiger partial charge on any atom is 0.416 e. The van der Waals surface area contributed by atoms with Crippen molar-refractivity contribution in [3.63, 3.8) is 0 Å². The number of halogens is 4. The molecule has 5 nitrogen and oxygen atoms in total. The average molecular weight is 375 g/mol. The fourth-order valence-electron chi connectivity index (χ4n) is 1.93. The van der Waals surface area contributed by atoms with Crippen LogP contribution in [0.1, 0.15) is 17.1 Å². The third-order valence-electron chi connectivity index (χ3n) is 3.14. The number of aromatic nitrogens is 3. The van der Waals surface area contributed by atoms with Crippen molar-refractivity contribution in [2.75, 3.05) is 5.32 Å². The van der Waals surface area contributed by atoms with E-state index in [9.17, 15) is 13.2 Å². The molecule has 0 spiro atoms. The van der Waals surface area contributed by atoms with Crippen LogP contribution in [0.2, 0.25) is 5.02 Å². The first-order chi connectivity index (χ1) is 11.3. The summed E-state index contributed by atoms with van der Waals surface area (Å²) in [5.74, 6) is 0.707. The molecule has 0 bridgehead atoms. The molecule has 0 atom stereocenters. The lowest BCUT2D eigenvalue weighted by molar-refractivity contribution is -0.137. The lowest BCUT2D eigenvalue weighted by Crippen LogP contribution is -2.06. The molecule has 0 aliphatic heterocycles. The van der Waals surface area contributed by atoms with Crippen molar-refractivity contribution >= 4 is 28.6 Å². The molecule has 0 unspecified atom stereocenters.